The monoisotopic (exact) mass is 455 g/mol. The van der Waals surface area contributed by atoms with Crippen molar-refractivity contribution in [3.8, 4) is 0 Å². The second kappa shape index (κ2) is 9.58. The van der Waals surface area contributed by atoms with Crippen LogP contribution in [0.3, 0.4) is 0 Å². The average molecular weight is 456 g/mol. The molecule has 0 unspecified atom stereocenters. The predicted octanol–water partition coefficient (Wildman–Crippen LogP) is 2.88. The number of nitrogens with zero attached hydrogens (tertiary/aromatic N) is 3. The summed E-state index contributed by atoms with van der Waals surface area (Å²) in [7, 11) is -3.61. The van der Waals surface area contributed by atoms with Crippen LogP contribution in [0.1, 0.15) is 5.56 Å². The zero-order chi connectivity index (χ0) is 20.9. The van der Waals surface area contributed by atoms with Gasteiger partial charge in [-0.2, -0.15) is 4.31 Å². The number of rotatable bonds is 6. The van der Waals surface area contributed by atoms with Gasteiger partial charge in [0.25, 0.3) is 5.91 Å². The van der Waals surface area contributed by atoms with E-state index in [1.807, 2.05) is 0 Å². The first-order valence-corrected chi connectivity index (χ1v) is 11.0. The fourth-order valence-corrected chi connectivity index (χ4v) is 4.44. The Morgan fingerprint density at radius 3 is 2.10 bits per heavy atom. The number of piperazine rings is 1. The van der Waals surface area contributed by atoms with Crippen molar-refractivity contribution in [2.24, 2.45) is 5.16 Å². The van der Waals surface area contributed by atoms with Gasteiger partial charge >= 0.3 is 0 Å². The van der Waals surface area contributed by atoms with E-state index in [1.54, 1.807) is 29.2 Å². The van der Waals surface area contributed by atoms with Crippen LogP contribution < -0.4 is 0 Å². The third kappa shape index (κ3) is 5.70. The molecule has 1 fully saturated rings. The molecule has 10 heteroatoms. The molecular formula is C19H19Cl2N3O4S. The van der Waals surface area contributed by atoms with Crippen LogP contribution in [-0.4, -0.2) is 62.5 Å². The molecule has 1 saturated heterocycles. The van der Waals surface area contributed by atoms with Crippen molar-refractivity contribution in [3.63, 3.8) is 0 Å². The van der Waals surface area contributed by atoms with E-state index in [0.29, 0.717) is 10.0 Å². The number of amides is 1. The van der Waals surface area contributed by atoms with Crippen molar-refractivity contribution in [1.82, 2.24) is 9.21 Å². The summed E-state index contributed by atoms with van der Waals surface area (Å²) in [5, 5.41) is 4.87. The first-order valence-electron chi connectivity index (χ1n) is 8.81. The number of hydrogen-bond donors (Lipinski definition) is 0. The highest BCUT2D eigenvalue weighted by atomic mass is 35.5. The lowest BCUT2D eigenvalue weighted by molar-refractivity contribution is -0.137. The van der Waals surface area contributed by atoms with E-state index in [2.05, 4.69) is 5.16 Å². The summed E-state index contributed by atoms with van der Waals surface area (Å²) >= 11 is 11.6. The highest BCUT2D eigenvalue weighted by Crippen LogP contribution is 2.20. The molecule has 0 radical (unpaired) electrons. The summed E-state index contributed by atoms with van der Waals surface area (Å²) < 4.78 is 26.7. The summed E-state index contributed by atoms with van der Waals surface area (Å²) in [6.07, 6.45) is 1.49. The molecule has 7 nitrogen and oxygen atoms in total. The van der Waals surface area contributed by atoms with E-state index in [9.17, 15) is 13.2 Å². The molecule has 2 aromatic carbocycles. The third-order valence-corrected chi connectivity index (χ3v) is 6.79. The Morgan fingerprint density at radius 1 is 0.966 bits per heavy atom. The summed E-state index contributed by atoms with van der Waals surface area (Å²) in [6, 6.07) is 13.0. The van der Waals surface area contributed by atoms with Gasteiger partial charge in [-0.05, 0) is 42.0 Å². The number of oxime groups is 1. The van der Waals surface area contributed by atoms with Crippen LogP contribution >= 0.6 is 23.2 Å². The van der Waals surface area contributed by atoms with Gasteiger partial charge in [0.1, 0.15) is 0 Å². The van der Waals surface area contributed by atoms with Crippen molar-refractivity contribution in [2.75, 3.05) is 32.8 Å². The second-order valence-corrected chi connectivity index (χ2v) is 9.11. The topological polar surface area (TPSA) is 79.3 Å². The first-order chi connectivity index (χ1) is 13.9. The number of carbonyl (C=O) groups excluding carboxylic acids is 1. The van der Waals surface area contributed by atoms with E-state index < -0.39 is 10.0 Å². The van der Waals surface area contributed by atoms with Gasteiger partial charge in [-0.1, -0.05) is 40.5 Å². The summed E-state index contributed by atoms with van der Waals surface area (Å²) in [5.41, 5.74) is 0.794. The molecule has 0 aromatic heterocycles. The maximum Gasteiger partial charge on any atom is 0.263 e. The molecule has 0 spiro atoms. The number of hydrogen-bond acceptors (Lipinski definition) is 5. The highest BCUT2D eigenvalue weighted by molar-refractivity contribution is 7.89. The van der Waals surface area contributed by atoms with Gasteiger partial charge in [-0.15, -0.1) is 0 Å². The van der Waals surface area contributed by atoms with Gasteiger partial charge in [0.15, 0.2) is 6.61 Å². The molecule has 0 atom stereocenters. The molecule has 1 amide bonds. The number of benzene rings is 2. The molecule has 0 aliphatic carbocycles. The maximum absolute atomic E-state index is 12.7. The standard InChI is InChI=1S/C19H19Cl2N3O4S/c20-16-3-1-15(2-4-16)13-22-28-14-19(25)23-9-11-24(12-10-23)29(26,27)18-7-5-17(21)6-8-18/h1-8,13H,9-12,14H2/b22-13+. The molecule has 1 aliphatic heterocycles. The fraction of sp³-hybridized carbons (Fsp3) is 0.263. The summed E-state index contributed by atoms with van der Waals surface area (Å²) in [6.45, 7) is 0.787. The Balaban J connectivity index is 1.47. The molecule has 0 N–H and O–H groups in total. The van der Waals surface area contributed by atoms with E-state index in [-0.39, 0.29) is 43.6 Å². The quantitative estimate of drug-likeness (QED) is 0.495. The van der Waals surface area contributed by atoms with Gasteiger partial charge in [0.2, 0.25) is 10.0 Å². The zero-order valence-corrected chi connectivity index (χ0v) is 17.7. The van der Waals surface area contributed by atoms with Crippen molar-refractivity contribution < 1.29 is 18.0 Å². The minimum Gasteiger partial charge on any atom is -0.386 e. The van der Waals surface area contributed by atoms with E-state index in [4.69, 9.17) is 28.0 Å². The Labute approximate surface area is 179 Å². The minimum atomic E-state index is -3.61. The predicted molar refractivity (Wildman–Crippen MR) is 112 cm³/mol. The molecule has 29 heavy (non-hydrogen) atoms. The Bertz CT molecular complexity index is 972. The van der Waals surface area contributed by atoms with Crippen LogP contribution in [0.2, 0.25) is 10.0 Å². The first kappa shape index (κ1) is 21.6. The average Bonchev–Trinajstić information content (AvgIpc) is 2.73. The Morgan fingerprint density at radius 2 is 1.52 bits per heavy atom. The molecule has 3 rings (SSSR count). The van der Waals surface area contributed by atoms with Crippen molar-refractivity contribution >= 4 is 45.3 Å². The normalized spacial score (nSPS) is 15.6. The van der Waals surface area contributed by atoms with Crippen LogP contribution in [0, 0.1) is 0 Å². The zero-order valence-electron chi connectivity index (χ0n) is 15.4. The van der Waals surface area contributed by atoms with Gasteiger partial charge < -0.3 is 9.74 Å². The molecule has 0 bridgehead atoms. The second-order valence-electron chi connectivity index (χ2n) is 6.30. The van der Waals surface area contributed by atoms with Gasteiger partial charge in [-0.3, -0.25) is 4.79 Å². The van der Waals surface area contributed by atoms with Crippen LogP contribution in [-0.2, 0) is 19.7 Å². The Hall–Kier alpha value is -2.13. The van der Waals surface area contributed by atoms with E-state index in [0.717, 1.165) is 5.56 Å². The van der Waals surface area contributed by atoms with Crippen LogP contribution in [0.4, 0.5) is 0 Å². The molecular weight excluding hydrogens is 437 g/mol. The van der Waals surface area contributed by atoms with Crippen LogP contribution in [0.5, 0.6) is 0 Å². The molecule has 154 valence electrons. The molecule has 1 heterocycles. The van der Waals surface area contributed by atoms with E-state index >= 15 is 0 Å². The van der Waals surface area contributed by atoms with Crippen LogP contribution in [0.15, 0.2) is 58.6 Å². The highest BCUT2D eigenvalue weighted by Gasteiger charge is 2.30. The lowest BCUT2D eigenvalue weighted by Crippen LogP contribution is -2.51. The molecule has 0 saturated carbocycles. The lowest BCUT2D eigenvalue weighted by Gasteiger charge is -2.33. The Kier molecular flexibility index (Phi) is 7.13. The molecule has 2 aromatic rings. The van der Waals surface area contributed by atoms with Gasteiger partial charge in [0, 0.05) is 36.2 Å². The molecule has 1 aliphatic rings. The van der Waals surface area contributed by atoms with Crippen molar-refractivity contribution in [1.29, 1.82) is 0 Å². The summed E-state index contributed by atoms with van der Waals surface area (Å²) in [4.78, 5) is 19.0. The third-order valence-electron chi connectivity index (χ3n) is 4.38. The number of carbonyl (C=O) groups is 1. The minimum absolute atomic E-state index is 0.182. The summed E-state index contributed by atoms with van der Waals surface area (Å²) in [5.74, 6) is -0.248. The lowest BCUT2D eigenvalue weighted by atomic mass is 10.2. The maximum atomic E-state index is 12.7. The van der Waals surface area contributed by atoms with Crippen molar-refractivity contribution in [3.05, 3.63) is 64.1 Å². The van der Waals surface area contributed by atoms with Crippen molar-refractivity contribution in [2.45, 2.75) is 4.90 Å². The van der Waals surface area contributed by atoms with E-state index in [1.165, 1.54) is 34.8 Å². The van der Waals surface area contributed by atoms with Crippen LogP contribution in [0.25, 0.3) is 0 Å². The van der Waals surface area contributed by atoms with Gasteiger partial charge in [0.05, 0.1) is 11.1 Å². The SMILES string of the molecule is O=C(CO/N=C/c1ccc(Cl)cc1)N1CCN(S(=O)(=O)c2ccc(Cl)cc2)CC1. The number of halogens is 2. The number of sulfonamides is 1. The van der Waals surface area contributed by atoms with Gasteiger partial charge in [-0.25, -0.2) is 8.42 Å². The largest absolute Gasteiger partial charge is 0.386 e. The fourth-order valence-electron chi connectivity index (χ4n) is 2.76. The smallest absolute Gasteiger partial charge is 0.263 e.